The summed E-state index contributed by atoms with van der Waals surface area (Å²) in [6.07, 6.45) is 2.46. The fraction of sp³-hybridized carbons (Fsp3) is 0.529. The smallest absolute Gasteiger partial charge is 0.255 e. The van der Waals surface area contributed by atoms with Gasteiger partial charge in [-0.25, -0.2) is 0 Å². The van der Waals surface area contributed by atoms with Gasteiger partial charge in [-0.15, -0.1) is 0 Å². The highest BCUT2D eigenvalue weighted by Crippen LogP contribution is 2.35. The predicted molar refractivity (Wildman–Crippen MR) is 84.3 cm³/mol. The summed E-state index contributed by atoms with van der Waals surface area (Å²) in [5.41, 5.74) is 2.64. The zero-order valence-corrected chi connectivity index (χ0v) is 13.9. The van der Waals surface area contributed by atoms with Crippen molar-refractivity contribution in [2.24, 2.45) is 5.92 Å². The monoisotopic (exact) mass is 301 g/mol. The Kier molecular flexibility index (Phi) is 3.59. The average molecular weight is 301 g/mol. The van der Waals surface area contributed by atoms with Crippen LogP contribution in [0.5, 0.6) is 0 Å². The summed E-state index contributed by atoms with van der Waals surface area (Å²) in [5, 5.41) is 4.06. The molecule has 22 heavy (non-hydrogen) atoms. The van der Waals surface area contributed by atoms with E-state index in [9.17, 15) is 4.79 Å². The van der Waals surface area contributed by atoms with E-state index in [0.717, 1.165) is 28.5 Å². The van der Waals surface area contributed by atoms with Crippen LogP contribution in [0.3, 0.4) is 0 Å². The molecule has 118 valence electrons. The second kappa shape index (κ2) is 5.30. The number of amides is 1. The van der Waals surface area contributed by atoms with Gasteiger partial charge in [-0.05, 0) is 52.5 Å². The maximum Gasteiger partial charge on any atom is 0.255 e. The number of aromatic nitrogens is 2. The molecule has 0 aromatic carbocycles. The molecule has 2 aromatic rings. The topological polar surface area (TPSA) is 51.3 Å². The van der Waals surface area contributed by atoms with E-state index < -0.39 is 0 Å². The van der Waals surface area contributed by atoms with E-state index in [-0.39, 0.29) is 5.91 Å². The highest BCUT2D eigenvalue weighted by Gasteiger charge is 2.33. The van der Waals surface area contributed by atoms with Gasteiger partial charge in [-0.1, -0.05) is 5.16 Å². The standard InChI is InChI=1S/C17H23N3O2/c1-10-8-15(17(21)19(5)12(3)14-6-7-14)13(4)20(10)16-9-11(2)22-18-16/h8-9,12,14H,6-7H2,1-5H3. The van der Waals surface area contributed by atoms with Gasteiger partial charge in [-0.2, -0.15) is 0 Å². The molecule has 0 bridgehead atoms. The number of nitrogens with zero attached hydrogens (tertiary/aromatic N) is 3. The van der Waals surface area contributed by atoms with Crippen molar-refractivity contribution in [3.05, 3.63) is 34.8 Å². The number of carbonyl (C=O) groups excluding carboxylic acids is 1. The highest BCUT2D eigenvalue weighted by molar-refractivity contribution is 5.96. The molecule has 0 N–H and O–H groups in total. The quantitative estimate of drug-likeness (QED) is 0.871. The van der Waals surface area contributed by atoms with Gasteiger partial charge in [-0.3, -0.25) is 9.36 Å². The Morgan fingerprint density at radius 2 is 2.05 bits per heavy atom. The van der Waals surface area contributed by atoms with Crippen LogP contribution < -0.4 is 0 Å². The number of hydrogen-bond donors (Lipinski definition) is 0. The summed E-state index contributed by atoms with van der Waals surface area (Å²) in [7, 11) is 1.90. The second-order valence-corrected chi connectivity index (χ2v) is 6.41. The molecule has 3 rings (SSSR count). The van der Waals surface area contributed by atoms with Gasteiger partial charge in [0.25, 0.3) is 5.91 Å². The average Bonchev–Trinajstić information content (AvgIpc) is 3.18. The first kappa shape index (κ1) is 14.9. The van der Waals surface area contributed by atoms with Crippen LogP contribution in [-0.4, -0.2) is 33.6 Å². The predicted octanol–water partition coefficient (Wildman–Crippen LogP) is 3.26. The zero-order chi connectivity index (χ0) is 16.0. The lowest BCUT2D eigenvalue weighted by Gasteiger charge is -2.25. The molecule has 0 saturated heterocycles. The van der Waals surface area contributed by atoms with E-state index >= 15 is 0 Å². The van der Waals surface area contributed by atoms with Crippen molar-refractivity contribution >= 4 is 5.91 Å². The Morgan fingerprint density at radius 1 is 1.36 bits per heavy atom. The summed E-state index contributed by atoms with van der Waals surface area (Å²) in [5.74, 6) is 2.23. The second-order valence-electron chi connectivity index (χ2n) is 6.41. The van der Waals surface area contributed by atoms with Gasteiger partial charge in [0.1, 0.15) is 5.76 Å². The molecular formula is C17H23N3O2. The Bertz CT molecular complexity index is 710. The number of rotatable bonds is 4. The summed E-state index contributed by atoms with van der Waals surface area (Å²) < 4.78 is 7.13. The third-order valence-electron chi connectivity index (χ3n) is 4.74. The van der Waals surface area contributed by atoms with Gasteiger partial charge in [0, 0.05) is 30.5 Å². The maximum absolute atomic E-state index is 12.8. The minimum atomic E-state index is 0.0824. The Morgan fingerprint density at radius 3 is 2.59 bits per heavy atom. The Balaban J connectivity index is 1.93. The summed E-state index contributed by atoms with van der Waals surface area (Å²) in [6.45, 7) is 7.94. The number of carbonyl (C=O) groups is 1. The van der Waals surface area contributed by atoms with Gasteiger partial charge in [0.15, 0.2) is 5.82 Å². The minimum Gasteiger partial charge on any atom is -0.360 e. The molecule has 5 heteroatoms. The molecule has 1 fully saturated rings. The van der Waals surface area contributed by atoms with Crippen molar-refractivity contribution in [3.63, 3.8) is 0 Å². The van der Waals surface area contributed by atoms with Crippen molar-refractivity contribution < 1.29 is 9.32 Å². The van der Waals surface area contributed by atoms with Crippen LogP contribution in [-0.2, 0) is 0 Å². The molecule has 2 aromatic heterocycles. The van der Waals surface area contributed by atoms with Gasteiger partial charge >= 0.3 is 0 Å². The van der Waals surface area contributed by atoms with Crippen LogP contribution in [0.1, 0.15) is 47.3 Å². The first-order valence-corrected chi connectivity index (χ1v) is 7.80. The van der Waals surface area contributed by atoms with Gasteiger partial charge < -0.3 is 9.42 Å². The Labute approximate surface area is 130 Å². The third kappa shape index (κ3) is 2.45. The van der Waals surface area contributed by atoms with Crippen molar-refractivity contribution in [2.75, 3.05) is 7.05 Å². The fourth-order valence-corrected chi connectivity index (χ4v) is 3.06. The summed E-state index contributed by atoms with van der Waals surface area (Å²) >= 11 is 0. The third-order valence-corrected chi connectivity index (χ3v) is 4.74. The van der Waals surface area contributed by atoms with Crippen molar-refractivity contribution in [3.8, 4) is 5.82 Å². The molecule has 5 nitrogen and oxygen atoms in total. The van der Waals surface area contributed by atoms with Crippen LogP contribution in [0.2, 0.25) is 0 Å². The lowest BCUT2D eigenvalue weighted by molar-refractivity contribution is 0.0726. The van der Waals surface area contributed by atoms with Gasteiger partial charge in [0.05, 0.1) is 5.56 Å². The fourth-order valence-electron chi connectivity index (χ4n) is 3.06. The SMILES string of the molecule is Cc1cc(-n2c(C)cc(C(=O)N(C)C(C)C3CC3)c2C)no1. The summed E-state index contributed by atoms with van der Waals surface area (Å²) in [4.78, 5) is 14.7. The van der Waals surface area contributed by atoms with Crippen LogP contribution in [0, 0.1) is 26.7 Å². The molecule has 1 aliphatic rings. The van der Waals surface area contributed by atoms with Gasteiger partial charge in [0.2, 0.25) is 0 Å². The highest BCUT2D eigenvalue weighted by atomic mass is 16.5. The molecule has 1 atom stereocenters. The van der Waals surface area contributed by atoms with Crippen LogP contribution in [0.15, 0.2) is 16.7 Å². The Hall–Kier alpha value is -2.04. The molecular weight excluding hydrogens is 278 g/mol. The molecule has 0 radical (unpaired) electrons. The lowest BCUT2D eigenvalue weighted by atomic mass is 10.1. The van der Waals surface area contributed by atoms with E-state index in [2.05, 4.69) is 12.1 Å². The minimum absolute atomic E-state index is 0.0824. The first-order chi connectivity index (χ1) is 10.4. The molecule has 1 aliphatic carbocycles. The normalized spacial score (nSPS) is 15.9. The van der Waals surface area contributed by atoms with Crippen molar-refractivity contribution in [2.45, 2.75) is 46.6 Å². The van der Waals surface area contributed by atoms with Crippen LogP contribution in [0.25, 0.3) is 5.82 Å². The van der Waals surface area contributed by atoms with E-state index in [1.165, 1.54) is 12.8 Å². The molecule has 1 saturated carbocycles. The molecule has 2 heterocycles. The molecule has 1 amide bonds. The molecule has 0 aliphatic heterocycles. The van der Waals surface area contributed by atoms with Crippen molar-refractivity contribution in [1.82, 2.24) is 14.6 Å². The van der Waals surface area contributed by atoms with Crippen LogP contribution >= 0.6 is 0 Å². The number of hydrogen-bond acceptors (Lipinski definition) is 3. The maximum atomic E-state index is 12.8. The number of aryl methyl sites for hydroxylation is 2. The lowest BCUT2D eigenvalue weighted by Crippen LogP contribution is -2.36. The summed E-state index contributed by atoms with van der Waals surface area (Å²) in [6, 6.07) is 4.12. The molecule has 1 unspecified atom stereocenters. The largest absolute Gasteiger partial charge is 0.360 e. The van der Waals surface area contributed by atoms with Crippen molar-refractivity contribution in [1.29, 1.82) is 0 Å². The van der Waals surface area contributed by atoms with Crippen LogP contribution in [0.4, 0.5) is 0 Å². The zero-order valence-electron chi connectivity index (χ0n) is 13.9. The van der Waals surface area contributed by atoms with E-state index in [1.54, 1.807) is 0 Å². The van der Waals surface area contributed by atoms with E-state index in [0.29, 0.717) is 12.0 Å². The van der Waals surface area contributed by atoms with E-state index in [4.69, 9.17) is 4.52 Å². The molecule has 0 spiro atoms. The first-order valence-electron chi connectivity index (χ1n) is 7.80. The van der Waals surface area contributed by atoms with E-state index in [1.807, 2.05) is 49.4 Å².